The Bertz CT molecular complexity index is 975. The van der Waals surface area contributed by atoms with Crippen molar-refractivity contribution in [3.63, 3.8) is 0 Å². The number of furan rings is 1. The van der Waals surface area contributed by atoms with E-state index in [-0.39, 0.29) is 18.1 Å². The fraction of sp³-hybridized carbons (Fsp3) is 0.167. The van der Waals surface area contributed by atoms with Gasteiger partial charge in [0, 0.05) is 0 Å². The van der Waals surface area contributed by atoms with Gasteiger partial charge in [-0.05, 0) is 41.1 Å². The van der Waals surface area contributed by atoms with Crippen molar-refractivity contribution < 1.29 is 23.5 Å². The number of aromatic nitrogens is 4. The molecule has 27 heavy (non-hydrogen) atoms. The monoisotopic (exact) mass is 368 g/mol. The Morgan fingerprint density at radius 1 is 1.19 bits per heavy atom. The summed E-state index contributed by atoms with van der Waals surface area (Å²) >= 11 is 0. The van der Waals surface area contributed by atoms with E-state index in [1.807, 2.05) is 30.3 Å². The molecule has 2 heterocycles. The molecule has 9 nitrogen and oxygen atoms in total. The molecular weight excluding hydrogens is 352 g/mol. The predicted octanol–water partition coefficient (Wildman–Crippen LogP) is 2.10. The van der Waals surface area contributed by atoms with Crippen molar-refractivity contribution in [1.29, 1.82) is 0 Å². The van der Waals surface area contributed by atoms with Crippen LogP contribution in [0, 0.1) is 6.92 Å². The second-order valence-corrected chi connectivity index (χ2v) is 5.41. The number of nitrogens with zero attached hydrogens (tertiary/aromatic N) is 4. The minimum Gasteiger partial charge on any atom is -0.463 e. The molecule has 0 aliphatic carbocycles. The molecule has 0 atom stereocenters. The molecule has 0 N–H and O–H groups in total. The first kappa shape index (κ1) is 18.1. The van der Waals surface area contributed by atoms with E-state index >= 15 is 0 Å². The lowest BCUT2D eigenvalue weighted by molar-refractivity contribution is -0.138. The zero-order valence-corrected chi connectivity index (χ0v) is 14.7. The van der Waals surface area contributed by atoms with Crippen LogP contribution >= 0.6 is 0 Å². The Kier molecular flexibility index (Phi) is 5.41. The van der Waals surface area contributed by atoms with Gasteiger partial charge in [-0.2, -0.15) is 4.68 Å². The van der Waals surface area contributed by atoms with Crippen LogP contribution in [-0.2, 0) is 20.9 Å². The smallest absolute Gasteiger partial charge is 0.373 e. The van der Waals surface area contributed by atoms with E-state index in [1.165, 1.54) is 23.9 Å². The predicted molar refractivity (Wildman–Crippen MR) is 93.0 cm³/mol. The van der Waals surface area contributed by atoms with E-state index < -0.39 is 11.9 Å². The lowest BCUT2D eigenvalue weighted by atomic mass is 10.2. The topological polar surface area (TPSA) is 109 Å². The highest BCUT2D eigenvalue weighted by Gasteiger charge is 2.19. The van der Waals surface area contributed by atoms with Crippen LogP contribution in [0.5, 0.6) is 0 Å². The number of hydrogen-bond donors (Lipinski definition) is 0. The second-order valence-electron chi connectivity index (χ2n) is 5.41. The van der Waals surface area contributed by atoms with Crippen LogP contribution in [-0.4, -0.2) is 39.3 Å². The van der Waals surface area contributed by atoms with Crippen molar-refractivity contribution in [3.8, 4) is 0 Å². The largest absolute Gasteiger partial charge is 0.463 e. The third kappa shape index (κ3) is 4.27. The van der Waals surface area contributed by atoms with Crippen molar-refractivity contribution in [2.24, 2.45) is 0 Å². The van der Waals surface area contributed by atoms with Crippen LogP contribution < -0.4 is 0 Å². The third-order valence-electron chi connectivity index (χ3n) is 3.56. The molecule has 0 fully saturated rings. The number of aryl methyl sites for hydroxylation is 1. The van der Waals surface area contributed by atoms with E-state index in [1.54, 1.807) is 13.0 Å². The highest BCUT2D eigenvalue weighted by Crippen LogP contribution is 2.16. The van der Waals surface area contributed by atoms with Gasteiger partial charge in [0.25, 0.3) is 0 Å². The van der Waals surface area contributed by atoms with Crippen LogP contribution in [0.25, 0.3) is 11.8 Å². The third-order valence-corrected chi connectivity index (χ3v) is 3.56. The summed E-state index contributed by atoms with van der Waals surface area (Å²) in [5.41, 5.74) is 0.925. The van der Waals surface area contributed by atoms with Crippen molar-refractivity contribution in [1.82, 2.24) is 20.2 Å². The number of hydrogen-bond acceptors (Lipinski definition) is 8. The fourth-order valence-corrected chi connectivity index (χ4v) is 2.24. The average molecular weight is 368 g/mol. The number of rotatable bonds is 6. The Labute approximate surface area is 154 Å². The van der Waals surface area contributed by atoms with Gasteiger partial charge in [0.05, 0.1) is 7.11 Å². The molecule has 0 radical (unpaired) electrons. The SMILES string of the molecule is COC(=O)c1ccc(COC(=O)/C(=C/c2ccccc2)n2nnnc2C)o1. The maximum Gasteiger partial charge on any atom is 0.373 e. The zero-order valence-electron chi connectivity index (χ0n) is 14.7. The Morgan fingerprint density at radius 2 is 1.96 bits per heavy atom. The van der Waals surface area contributed by atoms with Crippen LogP contribution in [0.4, 0.5) is 0 Å². The molecule has 0 saturated heterocycles. The highest BCUT2D eigenvalue weighted by molar-refractivity contribution is 6.15. The van der Waals surface area contributed by atoms with E-state index in [0.717, 1.165) is 5.56 Å². The summed E-state index contributed by atoms with van der Waals surface area (Å²) in [5, 5.41) is 11.2. The number of ether oxygens (including phenoxy) is 2. The number of methoxy groups -OCH3 is 1. The average Bonchev–Trinajstić information content (AvgIpc) is 3.33. The van der Waals surface area contributed by atoms with Gasteiger partial charge < -0.3 is 13.9 Å². The second kappa shape index (κ2) is 8.09. The fourth-order valence-electron chi connectivity index (χ4n) is 2.24. The molecule has 3 aromatic rings. The lowest BCUT2D eigenvalue weighted by Gasteiger charge is -2.08. The van der Waals surface area contributed by atoms with Gasteiger partial charge in [0.2, 0.25) is 5.76 Å². The van der Waals surface area contributed by atoms with Gasteiger partial charge >= 0.3 is 11.9 Å². The highest BCUT2D eigenvalue weighted by atomic mass is 16.6. The minimum absolute atomic E-state index is 0.0277. The van der Waals surface area contributed by atoms with Crippen molar-refractivity contribution in [2.45, 2.75) is 13.5 Å². The number of carbonyl (C=O) groups excluding carboxylic acids is 2. The minimum atomic E-state index is -0.648. The number of tetrazole rings is 1. The van der Waals surface area contributed by atoms with Crippen LogP contribution in [0.1, 0.15) is 27.7 Å². The van der Waals surface area contributed by atoms with E-state index in [4.69, 9.17) is 9.15 Å². The number of esters is 2. The first-order valence-electron chi connectivity index (χ1n) is 7.94. The Balaban J connectivity index is 1.80. The summed E-state index contributed by atoms with van der Waals surface area (Å²) in [4.78, 5) is 24.0. The molecule has 0 spiro atoms. The van der Waals surface area contributed by atoms with Crippen molar-refractivity contribution >= 4 is 23.7 Å². The summed E-state index contributed by atoms with van der Waals surface area (Å²) in [7, 11) is 1.25. The van der Waals surface area contributed by atoms with Crippen LogP contribution in [0.15, 0.2) is 46.9 Å². The molecule has 0 bridgehead atoms. The lowest BCUT2D eigenvalue weighted by Crippen LogP contribution is -2.15. The zero-order chi connectivity index (χ0) is 19.2. The molecule has 9 heteroatoms. The van der Waals surface area contributed by atoms with Crippen LogP contribution in [0.2, 0.25) is 0 Å². The standard InChI is InChI=1S/C18H16N4O5/c1-12-19-20-21-22(12)15(10-13-6-4-3-5-7-13)17(23)26-11-14-8-9-16(27-14)18(24)25-2/h3-10H,11H2,1-2H3/b15-10-. The van der Waals surface area contributed by atoms with Gasteiger partial charge in [-0.15, -0.1) is 5.10 Å². The Hall–Kier alpha value is -3.75. The van der Waals surface area contributed by atoms with Gasteiger partial charge in [0.15, 0.2) is 11.5 Å². The van der Waals surface area contributed by atoms with E-state index in [0.29, 0.717) is 11.6 Å². The normalized spacial score (nSPS) is 11.3. The molecule has 0 aliphatic rings. The number of benzene rings is 1. The molecular formula is C18H16N4O5. The summed E-state index contributed by atoms with van der Waals surface area (Å²) in [6.07, 6.45) is 1.62. The van der Waals surface area contributed by atoms with Gasteiger partial charge in [-0.3, -0.25) is 0 Å². The quantitative estimate of drug-likeness (QED) is 0.481. The van der Waals surface area contributed by atoms with Crippen molar-refractivity contribution in [3.05, 3.63) is 65.4 Å². The maximum absolute atomic E-state index is 12.6. The molecule has 3 rings (SSSR count). The van der Waals surface area contributed by atoms with E-state index in [2.05, 4.69) is 20.3 Å². The molecule has 0 unspecified atom stereocenters. The van der Waals surface area contributed by atoms with Gasteiger partial charge in [-0.25, -0.2) is 9.59 Å². The molecule has 138 valence electrons. The maximum atomic E-state index is 12.6. The van der Waals surface area contributed by atoms with Crippen molar-refractivity contribution in [2.75, 3.05) is 7.11 Å². The van der Waals surface area contributed by atoms with E-state index in [9.17, 15) is 9.59 Å². The first-order valence-corrected chi connectivity index (χ1v) is 7.94. The summed E-state index contributed by atoms with van der Waals surface area (Å²) in [6.45, 7) is 1.50. The van der Waals surface area contributed by atoms with Gasteiger partial charge in [-0.1, -0.05) is 30.3 Å². The summed E-state index contributed by atoms with van der Waals surface area (Å²) in [6, 6.07) is 12.2. The summed E-state index contributed by atoms with van der Waals surface area (Å²) < 4.78 is 16.4. The molecule has 0 aliphatic heterocycles. The molecule has 0 saturated carbocycles. The first-order chi connectivity index (χ1) is 13.1. The number of carbonyl (C=O) groups is 2. The molecule has 1 aromatic carbocycles. The van der Waals surface area contributed by atoms with Gasteiger partial charge in [0.1, 0.15) is 12.4 Å². The molecule has 2 aromatic heterocycles. The Morgan fingerprint density at radius 3 is 2.63 bits per heavy atom. The molecule has 0 amide bonds. The summed E-state index contributed by atoms with van der Waals surface area (Å²) in [5.74, 6) is -0.497. The van der Waals surface area contributed by atoms with Crippen LogP contribution in [0.3, 0.4) is 0 Å².